The van der Waals surface area contributed by atoms with Gasteiger partial charge in [0.15, 0.2) is 5.56 Å². The number of hydrogen-bond donors (Lipinski definition) is 0. The Labute approximate surface area is 107 Å². The zero-order valence-electron chi connectivity index (χ0n) is 10.1. The molecule has 0 N–H and O–H groups in total. The quantitative estimate of drug-likeness (QED) is 0.576. The Hall–Kier alpha value is -1.22. The third-order valence-corrected chi connectivity index (χ3v) is 2.63. The Kier molecular flexibility index (Phi) is 5.84. The standard InChI is InChI=1S/C13H17ClO3/c1-3-4-8-12(14)17-13(15)10-6-5-7-11(9-10)16-2/h5-7,9,12H,3-4,8H2,1-2H3. The third-order valence-electron chi connectivity index (χ3n) is 2.32. The van der Waals surface area contributed by atoms with E-state index in [1.54, 1.807) is 31.4 Å². The third kappa shape index (κ3) is 4.65. The van der Waals surface area contributed by atoms with E-state index in [1.807, 2.05) is 0 Å². The van der Waals surface area contributed by atoms with Gasteiger partial charge >= 0.3 is 5.97 Å². The van der Waals surface area contributed by atoms with Crippen LogP contribution in [0.1, 0.15) is 36.5 Å². The first-order chi connectivity index (χ1) is 8.17. The van der Waals surface area contributed by atoms with Gasteiger partial charge in [-0.1, -0.05) is 31.0 Å². The summed E-state index contributed by atoms with van der Waals surface area (Å²) in [6.45, 7) is 2.06. The minimum atomic E-state index is -0.561. The zero-order valence-corrected chi connectivity index (χ0v) is 10.9. The molecule has 0 amide bonds. The van der Waals surface area contributed by atoms with Crippen molar-refractivity contribution in [3.8, 4) is 5.75 Å². The number of esters is 1. The van der Waals surface area contributed by atoms with Crippen molar-refractivity contribution in [3.63, 3.8) is 0 Å². The van der Waals surface area contributed by atoms with Crippen LogP contribution in [-0.2, 0) is 4.74 Å². The predicted molar refractivity (Wildman–Crippen MR) is 67.6 cm³/mol. The normalized spacial score (nSPS) is 11.9. The van der Waals surface area contributed by atoms with Crippen molar-refractivity contribution in [3.05, 3.63) is 29.8 Å². The van der Waals surface area contributed by atoms with Crippen molar-refractivity contribution >= 4 is 17.6 Å². The Balaban J connectivity index is 2.56. The smallest absolute Gasteiger partial charge is 0.339 e. The summed E-state index contributed by atoms with van der Waals surface area (Å²) in [7, 11) is 1.55. The van der Waals surface area contributed by atoms with E-state index in [0.717, 1.165) is 12.8 Å². The maximum Gasteiger partial charge on any atom is 0.339 e. The summed E-state index contributed by atoms with van der Waals surface area (Å²) in [6, 6.07) is 6.82. The number of ether oxygens (including phenoxy) is 2. The molecule has 0 bridgehead atoms. The first kappa shape index (κ1) is 13.8. The van der Waals surface area contributed by atoms with Gasteiger partial charge in [0.2, 0.25) is 0 Å². The second-order valence-electron chi connectivity index (χ2n) is 3.69. The molecule has 0 saturated heterocycles. The van der Waals surface area contributed by atoms with Gasteiger partial charge in [0, 0.05) is 0 Å². The lowest BCUT2D eigenvalue weighted by Crippen LogP contribution is -2.12. The highest BCUT2D eigenvalue weighted by Gasteiger charge is 2.13. The van der Waals surface area contributed by atoms with Crippen LogP contribution < -0.4 is 4.74 Å². The summed E-state index contributed by atoms with van der Waals surface area (Å²) in [6.07, 6.45) is 2.65. The molecule has 17 heavy (non-hydrogen) atoms. The van der Waals surface area contributed by atoms with Gasteiger partial charge in [-0.15, -0.1) is 0 Å². The molecule has 1 unspecified atom stereocenters. The van der Waals surface area contributed by atoms with Crippen molar-refractivity contribution in [2.75, 3.05) is 7.11 Å². The topological polar surface area (TPSA) is 35.5 Å². The number of rotatable bonds is 6. The lowest BCUT2D eigenvalue weighted by atomic mass is 10.2. The first-order valence-corrected chi connectivity index (χ1v) is 6.10. The number of benzene rings is 1. The molecule has 0 saturated carbocycles. The lowest BCUT2D eigenvalue weighted by molar-refractivity contribution is 0.0433. The minimum Gasteiger partial charge on any atom is -0.497 e. The number of hydrogen-bond acceptors (Lipinski definition) is 3. The van der Waals surface area contributed by atoms with Gasteiger partial charge in [-0.05, 0) is 31.0 Å². The molecule has 0 fully saturated rings. The molecule has 0 aliphatic heterocycles. The average molecular weight is 257 g/mol. The number of carbonyl (C=O) groups excluding carboxylic acids is 1. The second-order valence-corrected chi connectivity index (χ2v) is 4.18. The van der Waals surface area contributed by atoms with Crippen LogP contribution in [0.5, 0.6) is 5.75 Å². The van der Waals surface area contributed by atoms with Gasteiger partial charge in [-0.25, -0.2) is 4.79 Å². The maximum absolute atomic E-state index is 11.7. The Morgan fingerprint density at radius 3 is 2.88 bits per heavy atom. The first-order valence-electron chi connectivity index (χ1n) is 5.66. The summed E-state index contributed by atoms with van der Waals surface area (Å²) < 4.78 is 10.1. The van der Waals surface area contributed by atoms with Gasteiger partial charge in [0.05, 0.1) is 12.7 Å². The summed E-state index contributed by atoms with van der Waals surface area (Å²) in [5.41, 5.74) is -0.111. The molecule has 0 spiro atoms. The van der Waals surface area contributed by atoms with E-state index in [9.17, 15) is 4.79 Å². The van der Waals surface area contributed by atoms with E-state index in [1.165, 1.54) is 0 Å². The molecule has 0 radical (unpaired) electrons. The molecular weight excluding hydrogens is 240 g/mol. The van der Waals surface area contributed by atoms with Gasteiger partial charge in [0.25, 0.3) is 0 Å². The fourth-order valence-corrected chi connectivity index (χ4v) is 1.59. The van der Waals surface area contributed by atoms with Crippen LogP contribution in [0.15, 0.2) is 24.3 Å². The Bertz CT molecular complexity index is 365. The summed E-state index contributed by atoms with van der Waals surface area (Å²) in [5.74, 6) is 0.208. The highest BCUT2D eigenvalue weighted by Crippen LogP contribution is 2.16. The number of alkyl halides is 1. The molecule has 3 nitrogen and oxygen atoms in total. The van der Waals surface area contributed by atoms with E-state index in [0.29, 0.717) is 17.7 Å². The Morgan fingerprint density at radius 1 is 1.47 bits per heavy atom. The van der Waals surface area contributed by atoms with E-state index < -0.39 is 11.5 Å². The molecule has 0 aromatic heterocycles. The van der Waals surface area contributed by atoms with Crippen molar-refractivity contribution in [2.24, 2.45) is 0 Å². The molecular formula is C13H17ClO3. The molecule has 1 rings (SSSR count). The van der Waals surface area contributed by atoms with E-state index >= 15 is 0 Å². The van der Waals surface area contributed by atoms with Crippen LogP contribution in [0.3, 0.4) is 0 Å². The summed E-state index contributed by atoms with van der Waals surface area (Å²) >= 11 is 5.90. The van der Waals surface area contributed by atoms with Gasteiger partial charge in [-0.2, -0.15) is 0 Å². The van der Waals surface area contributed by atoms with Crippen LogP contribution in [0.25, 0.3) is 0 Å². The maximum atomic E-state index is 11.7. The number of carbonyl (C=O) groups is 1. The molecule has 1 atom stereocenters. The molecule has 1 aromatic carbocycles. The SMILES string of the molecule is CCCCC(Cl)OC(=O)c1cccc(OC)c1. The van der Waals surface area contributed by atoms with Crippen molar-refractivity contribution < 1.29 is 14.3 Å². The lowest BCUT2D eigenvalue weighted by Gasteiger charge is -2.11. The average Bonchev–Trinajstić information content (AvgIpc) is 2.36. The fraction of sp³-hybridized carbons (Fsp3) is 0.462. The monoisotopic (exact) mass is 256 g/mol. The van der Waals surface area contributed by atoms with Gasteiger partial charge in [-0.3, -0.25) is 0 Å². The van der Waals surface area contributed by atoms with Crippen LogP contribution in [0.2, 0.25) is 0 Å². The molecule has 4 heteroatoms. The largest absolute Gasteiger partial charge is 0.497 e. The Morgan fingerprint density at radius 2 is 2.24 bits per heavy atom. The van der Waals surface area contributed by atoms with Crippen molar-refractivity contribution in [1.29, 1.82) is 0 Å². The number of unbranched alkanes of at least 4 members (excludes halogenated alkanes) is 1. The van der Waals surface area contributed by atoms with Crippen molar-refractivity contribution in [2.45, 2.75) is 31.7 Å². The van der Waals surface area contributed by atoms with Crippen LogP contribution >= 0.6 is 11.6 Å². The minimum absolute atomic E-state index is 0.417. The van der Waals surface area contributed by atoms with E-state index in [-0.39, 0.29) is 0 Å². The van der Waals surface area contributed by atoms with Crippen LogP contribution in [-0.4, -0.2) is 18.6 Å². The zero-order chi connectivity index (χ0) is 12.7. The number of methoxy groups -OCH3 is 1. The molecule has 94 valence electrons. The van der Waals surface area contributed by atoms with E-state index in [2.05, 4.69) is 6.92 Å². The number of halogens is 1. The summed E-state index contributed by atoms with van der Waals surface area (Å²) in [4.78, 5) is 11.7. The van der Waals surface area contributed by atoms with Gasteiger partial charge in [0.1, 0.15) is 5.75 Å². The van der Waals surface area contributed by atoms with Gasteiger partial charge < -0.3 is 9.47 Å². The highest BCUT2D eigenvalue weighted by atomic mass is 35.5. The molecule has 0 aliphatic carbocycles. The molecule has 0 heterocycles. The van der Waals surface area contributed by atoms with Crippen molar-refractivity contribution in [1.82, 2.24) is 0 Å². The molecule has 0 aliphatic rings. The predicted octanol–water partition coefficient (Wildman–Crippen LogP) is 3.61. The van der Waals surface area contributed by atoms with E-state index in [4.69, 9.17) is 21.1 Å². The fourth-order valence-electron chi connectivity index (χ4n) is 1.36. The summed E-state index contributed by atoms with van der Waals surface area (Å²) in [5, 5.41) is 0. The molecule has 1 aromatic rings. The second kappa shape index (κ2) is 7.17. The highest BCUT2D eigenvalue weighted by molar-refractivity contribution is 6.20. The van der Waals surface area contributed by atoms with Crippen LogP contribution in [0, 0.1) is 0 Å². The van der Waals surface area contributed by atoms with Crippen LogP contribution in [0.4, 0.5) is 0 Å².